The monoisotopic (exact) mass is 454 g/mol. The van der Waals surface area contributed by atoms with Gasteiger partial charge in [0.1, 0.15) is 0 Å². The lowest BCUT2D eigenvalue weighted by Gasteiger charge is -2.03. The van der Waals surface area contributed by atoms with Gasteiger partial charge >= 0.3 is 0 Å². The fourth-order valence-corrected chi connectivity index (χ4v) is 3.86. The highest BCUT2D eigenvalue weighted by atomic mass is 35.5. The fraction of sp³-hybridized carbons (Fsp3) is 0.680. The van der Waals surface area contributed by atoms with Crippen molar-refractivity contribution in [3.05, 3.63) is 33.8 Å². The summed E-state index contributed by atoms with van der Waals surface area (Å²) in [5, 5.41) is 4.88. The minimum atomic E-state index is -0.0564. The summed E-state index contributed by atoms with van der Waals surface area (Å²) in [5.41, 5.74) is 3.25. The van der Waals surface area contributed by atoms with Crippen molar-refractivity contribution < 1.29 is 4.79 Å². The smallest absolute Gasteiger partial charge is 0.240 e. The lowest BCUT2D eigenvalue weighted by Crippen LogP contribution is -2.16. The number of rotatable bonds is 18. The summed E-state index contributed by atoms with van der Waals surface area (Å²) in [6.07, 6.45) is 21.9. The minimum absolute atomic E-state index is 0.0564. The predicted octanol–water partition coefficient (Wildman–Crippen LogP) is 8.71. The van der Waals surface area contributed by atoms with E-state index >= 15 is 0 Å². The summed E-state index contributed by atoms with van der Waals surface area (Å²) in [5.74, 6) is -0.0564. The maximum Gasteiger partial charge on any atom is 0.240 e. The molecule has 0 aliphatic carbocycles. The predicted molar refractivity (Wildman–Crippen MR) is 132 cm³/mol. The van der Waals surface area contributed by atoms with Crippen LogP contribution in [0.5, 0.6) is 0 Å². The zero-order chi connectivity index (χ0) is 21.9. The topological polar surface area (TPSA) is 41.5 Å². The highest BCUT2D eigenvalue weighted by molar-refractivity contribution is 6.43. The van der Waals surface area contributed by atoms with Gasteiger partial charge in [-0.1, -0.05) is 132 Å². The first-order chi connectivity index (χ1) is 14.6. The molecule has 0 saturated carbocycles. The number of nitrogens with zero attached hydrogens (tertiary/aromatic N) is 1. The van der Waals surface area contributed by atoms with E-state index in [1.165, 1.54) is 89.7 Å². The van der Waals surface area contributed by atoms with Gasteiger partial charge < -0.3 is 0 Å². The van der Waals surface area contributed by atoms with Gasteiger partial charge in [-0.2, -0.15) is 5.10 Å². The van der Waals surface area contributed by atoms with Crippen molar-refractivity contribution in [2.45, 2.75) is 110 Å². The molecule has 0 fully saturated rings. The minimum Gasteiger partial charge on any atom is -0.273 e. The van der Waals surface area contributed by atoms with Crippen LogP contribution in [0.25, 0.3) is 0 Å². The molecule has 0 spiro atoms. The van der Waals surface area contributed by atoms with Gasteiger partial charge in [0, 0.05) is 12.0 Å². The molecule has 0 aliphatic rings. The molecule has 30 heavy (non-hydrogen) atoms. The number of nitrogens with one attached hydrogen (secondary N) is 1. The van der Waals surface area contributed by atoms with Crippen LogP contribution in [0.3, 0.4) is 0 Å². The molecule has 1 amide bonds. The van der Waals surface area contributed by atoms with Gasteiger partial charge in [0.25, 0.3) is 0 Å². The Morgan fingerprint density at radius 1 is 0.833 bits per heavy atom. The fourth-order valence-electron chi connectivity index (χ4n) is 3.51. The molecule has 170 valence electrons. The molecule has 1 rings (SSSR count). The Morgan fingerprint density at radius 3 is 1.87 bits per heavy atom. The third-order valence-corrected chi connectivity index (χ3v) is 6.22. The summed E-state index contributed by atoms with van der Waals surface area (Å²) >= 11 is 12.0. The lowest BCUT2D eigenvalue weighted by atomic mass is 10.0. The third kappa shape index (κ3) is 14.0. The average molecular weight is 456 g/mol. The number of halogens is 2. The molecule has 0 aromatic heterocycles. The van der Waals surface area contributed by atoms with E-state index in [0.29, 0.717) is 22.0 Å². The number of hydrogen-bond donors (Lipinski definition) is 1. The second kappa shape index (κ2) is 18.7. The largest absolute Gasteiger partial charge is 0.273 e. The summed E-state index contributed by atoms with van der Waals surface area (Å²) in [6.45, 7) is 2.27. The molecule has 0 radical (unpaired) electrons. The van der Waals surface area contributed by atoms with E-state index in [4.69, 9.17) is 23.2 Å². The Kier molecular flexibility index (Phi) is 16.8. The van der Waals surface area contributed by atoms with Gasteiger partial charge in [-0.05, 0) is 12.5 Å². The number of unbranched alkanes of at least 4 members (excludes halogenated alkanes) is 14. The Labute approximate surface area is 194 Å². The van der Waals surface area contributed by atoms with Gasteiger partial charge in [-0.3, -0.25) is 4.79 Å². The molecular weight excluding hydrogens is 415 g/mol. The van der Waals surface area contributed by atoms with Crippen molar-refractivity contribution >= 4 is 35.3 Å². The maximum atomic E-state index is 11.8. The lowest BCUT2D eigenvalue weighted by molar-refractivity contribution is -0.121. The van der Waals surface area contributed by atoms with Crippen LogP contribution < -0.4 is 5.43 Å². The summed E-state index contributed by atoms with van der Waals surface area (Å²) in [7, 11) is 0. The van der Waals surface area contributed by atoms with E-state index in [-0.39, 0.29) is 5.91 Å². The van der Waals surface area contributed by atoms with Crippen molar-refractivity contribution in [3.8, 4) is 0 Å². The van der Waals surface area contributed by atoms with Crippen molar-refractivity contribution in [2.24, 2.45) is 5.10 Å². The van der Waals surface area contributed by atoms with E-state index in [1.807, 2.05) is 0 Å². The van der Waals surface area contributed by atoms with Crippen LogP contribution in [0.4, 0.5) is 0 Å². The number of carbonyl (C=O) groups excluding carboxylic acids is 1. The molecule has 0 heterocycles. The number of amides is 1. The molecule has 0 unspecified atom stereocenters. The average Bonchev–Trinajstić information content (AvgIpc) is 2.74. The SMILES string of the molecule is CCCCCCCCCCCCCCCCCC(=O)N/N=C\c1cccc(Cl)c1Cl. The van der Waals surface area contributed by atoms with Crippen molar-refractivity contribution in [3.63, 3.8) is 0 Å². The molecule has 1 aromatic rings. The van der Waals surface area contributed by atoms with E-state index in [9.17, 15) is 4.79 Å². The first-order valence-electron chi connectivity index (χ1n) is 11.9. The van der Waals surface area contributed by atoms with E-state index < -0.39 is 0 Å². The number of hydrogen-bond acceptors (Lipinski definition) is 2. The normalized spacial score (nSPS) is 11.3. The van der Waals surface area contributed by atoms with Gasteiger partial charge in [-0.25, -0.2) is 5.43 Å². The van der Waals surface area contributed by atoms with Crippen LogP contribution in [-0.4, -0.2) is 12.1 Å². The Morgan fingerprint density at radius 2 is 1.33 bits per heavy atom. The third-order valence-electron chi connectivity index (χ3n) is 5.38. The van der Waals surface area contributed by atoms with E-state index in [2.05, 4.69) is 17.5 Å². The Balaban J connectivity index is 1.89. The number of hydrazone groups is 1. The molecule has 1 N–H and O–H groups in total. The van der Waals surface area contributed by atoms with Crippen molar-refractivity contribution in [1.29, 1.82) is 0 Å². The highest BCUT2D eigenvalue weighted by Crippen LogP contribution is 2.24. The van der Waals surface area contributed by atoms with Crippen LogP contribution in [0, 0.1) is 0 Å². The van der Waals surface area contributed by atoms with Crippen LogP contribution in [0.1, 0.15) is 115 Å². The first-order valence-corrected chi connectivity index (χ1v) is 12.7. The maximum absolute atomic E-state index is 11.8. The first kappa shape index (κ1) is 27.0. The Bertz CT molecular complexity index is 605. The molecular formula is C25H40Cl2N2O. The van der Waals surface area contributed by atoms with Gasteiger partial charge in [-0.15, -0.1) is 0 Å². The van der Waals surface area contributed by atoms with E-state index in [1.54, 1.807) is 18.2 Å². The standard InChI is InChI=1S/C25H40Cl2N2O/c1-2-3-4-5-6-7-8-9-10-11-12-13-14-15-16-20-24(30)29-28-21-22-18-17-19-23(26)25(22)27/h17-19,21H,2-16,20H2,1H3,(H,29,30)/b28-21-. The van der Waals surface area contributed by atoms with Gasteiger partial charge in [0.15, 0.2) is 0 Å². The van der Waals surface area contributed by atoms with Crippen LogP contribution >= 0.6 is 23.2 Å². The van der Waals surface area contributed by atoms with E-state index in [0.717, 1.165) is 12.8 Å². The summed E-state index contributed by atoms with van der Waals surface area (Å²) in [6, 6.07) is 5.32. The highest BCUT2D eigenvalue weighted by Gasteiger charge is 2.03. The second-order valence-electron chi connectivity index (χ2n) is 8.14. The number of benzene rings is 1. The molecule has 3 nitrogen and oxygen atoms in total. The molecule has 0 bridgehead atoms. The van der Waals surface area contributed by atoms with Crippen molar-refractivity contribution in [2.75, 3.05) is 0 Å². The van der Waals surface area contributed by atoms with Crippen LogP contribution in [-0.2, 0) is 4.79 Å². The molecule has 5 heteroatoms. The summed E-state index contributed by atoms with van der Waals surface area (Å²) < 4.78 is 0. The van der Waals surface area contributed by atoms with Crippen LogP contribution in [0.15, 0.2) is 23.3 Å². The molecule has 0 atom stereocenters. The quantitative estimate of drug-likeness (QED) is 0.134. The van der Waals surface area contributed by atoms with Crippen molar-refractivity contribution in [1.82, 2.24) is 5.43 Å². The van der Waals surface area contributed by atoms with Gasteiger partial charge in [0.05, 0.1) is 16.3 Å². The Hall–Kier alpha value is -1.06. The zero-order valence-electron chi connectivity index (χ0n) is 18.7. The van der Waals surface area contributed by atoms with Crippen LogP contribution in [0.2, 0.25) is 10.0 Å². The molecule has 0 aliphatic heterocycles. The second-order valence-corrected chi connectivity index (χ2v) is 8.92. The van der Waals surface area contributed by atoms with Gasteiger partial charge in [0.2, 0.25) is 5.91 Å². The molecule has 1 aromatic carbocycles. The number of carbonyl (C=O) groups is 1. The molecule has 0 saturated heterocycles. The zero-order valence-corrected chi connectivity index (χ0v) is 20.2. The summed E-state index contributed by atoms with van der Waals surface area (Å²) in [4.78, 5) is 11.8.